The minimum absolute atomic E-state index is 0.100. The van der Waals surface area contributed by atoms with Crippen molar-refractivity contribution in [1.82, 2.24) is 23.5 Å². The van der Waals surface area contributed by atoms with Gasteiger partial charge < -0.3 is 10.6 Å². The summed E-state index contributed by atoms with van der Waals surface area (Å²) in [7, 11) is -13.1. The van der Waals surface area contributed by atoms with Crippen LogP contribution in [-0.2, 0) is 39.7 Å². The van der Waals surface area contributed by atoms with Gasteiger partial charge in [0.05, 0.1) is 39.9 Å². The molecular weight excluding hydrogens is 739 g/mol. The molecule has 13 nitrogen and oxygen atoms in total. The van der Waals surface area contributed by atoms with Crippen LogP contribution in [-0.4, -0.2) is 101 Å². The van der Waals surface area contributed by atoms with E-state index in [4.69, 9.17) is 0 Å². The summed E-state index contributed by atoms with van der Waals surface area (Å²) >= 11 is 0. The molecule has 1 saturated heterocycles. The van der Waals surface area contributed by atoms with Crippen molar-refractivity contribution >= 4 is 41.9 Å². The number of hydrogen-bond donors (Lipinski definition) is 2. The van der Waals surface area contributed by atoms with Crippen LogP contribution in [0.25, 0.3) is 0 Å². The van der Waals surface area contributed by atoms with Crippen LogP contribution in [0, 0.1) is 20.8 Å². The number of hydrogen-bond acceptors (Lipinski definition) is 8. The van der Waals surface area contributed by atoms with Gasteiger partial charge in [-0.05, 0) is 70.0 Å². The predicted octanol–water partition coefficient (Wildman–Crippen LogP) is 3.12. The maximum atomic E-state index is 14.2. The summed E-state index contributed by atoms with van der Waals surface area (Å²) in [4.78, 5) is 27.0. The second-order valence-electron chi connectivity index (χ2n) is 12.9. The van der Waals surface area contributed by atoms with Crippen LogP contribution < -0.4 is 10.6 Å². The fourth-order valence-electron chi connectivity index (χ4n) is 5.78. The van der Waals surface area contributed by atoms with E-state index in [0.29, 0.717) is 0 Å². The van der Waals surface area contributed by atoms with E-state index >= 15 is 0 Å². The summed E-state index contributed by atoms with van der Waals surface area (Å²) in [6.07, 6.45) is 3.40. The van der Waals surface area contributed by atoms with Gasteiger partial charge >= 0.3 is 0 Å². The van der Waals surface area contributed by atoms with E-state index in [9.17, 15) is 34.8 Å². The molecule has 2 atom stereocenters. The first-order chi connectivity index (χ1) is 25.0. The molecule has 3 aromatic carbocycles. The fraction of sp³-hybridized carbons (Fsp3) is 0.351. The van der Waals surface area contributed by atoms with Crippen molar-refractivity contribution in [2.75, 3.05) is 39.3 Å². The zero-order valence-corrected chi connectivity index (χ0v) is 32.6. The number of nitrogens with one attached hydrogen (secondary N) is 2. The molecule has 1 heterocycles. The molecule has 0 radical (unpaired) electrons. The maximum Gasteiger partial charge on any atom is 0.243 e. The first-order valence-electron chi connectivity index (χ1n) is 17.0. The first-order valence-corrected chi connectivity index (χ1v) is 21.3. The smallest absolute Gasteiger partial charge is 0.243 e. The Morgan fingerprint density at radius 2 is 0.792 bits per heavy atom. The average molecular weight is 786 g/mol. The van der Waals surface area contributed by atoms with Crippen molar-refractivity contribution in [3.8, 4) is 0 Å². The Balaban J connectivity index is 1.86. The highest BCUT2D eigenvalue weighted by Gasteiger charge is 2.35. The molecule has 1 aliphatic heterocycles. The van der Waals surface area contributed by atoms with E-state index in [0.717, 1.165) is 29.6 Å². The van der Waals surface area contributed by atoms with E-state index in [1.807, 2.05) is 0 Å². The summed E-state index contributed by atoms with van der Waals surface area (Å²) in [5.74, 6) is -1.41. The van der Waals surface area contributed by atoms with Crippen LogP contribution in [0.1, 0.15) is 29.5 Å². The zero-order valence-electron chi connectivity index (χ0n) is 30.1. The molecule has 53 heavy (non-hydrogen) atoms. The number of carbonyl (C=O) groups is 2. The monoisotopic (exact) mass is 785 g/mol. The molecule has 0 spiro atoms. The summed E-state index contributed by atoms with van der Waals surface area (Å²) in [5, 5.41) is 5.62. The van der Waals surface area contributed by atoms with Gasteiger partial charge in [-0.3, -0.25) is 9.59 Å². The van der Waals surface area contributed by atoms with E-state index in [2.05, 4.69) is 23.8 Å². The molecule has 0 aromatic heterocycles. The molecular formula is C37H47N5O8S3. The summed E-state index contributed by atoms with van der Waals surface area (Å²) < 4.78 is 87.5. The molecule has 0 bridgehead atoms. The molecule has 4 rings (SSSR count). The third-order valence-electron chi connectivity index (χ3n) is 8.83. The van der Waals surface area contributed by atoms with Crippen LogP contribution in [0.15, 0.2) is 113 Å². The Bertz CT molecular complexity index is 1990. The van der Waals surface area contributed by atoms with Gasteiger partial charge in [0.2, 0.25) is 41.9 Å². The van der Waals surface area contributed by atoms with Gasteiger partial charge in [0.15, 0.2) is 0 Å². The number of sulfonamides is 3. The van der Waals surface area contributed by atoms with E-state index < -0.39 is 93.2 Å². The topological polar surface area (TPSA) is 170 Å². The fourth-order valence-corrected chi connectivity index (χ4v) is 9.97. The molecule has 3 aromatic rings. The van der Waals surface area contributed by atoms with Crippen molar-refractivity contribution in [2.45, 2.75) is 60.4 Å². The molecule has 2 unspecified atom stereocenters. The van der Waals surface area contributed by atoms with E-state index in [1.165, 1.54) is 48.6 Å². The van der Waals surface area contributed by atoms with E-state index in [1.54, 1.807) is 57.2 Å². The minimum atomic E-state index is -4.36. The van der Waals surface area contributed by atoms with Crippen LogP contribution in [0.3, 0.4) is 0 Å². The number of rotatable bonds is 10. The maximum absolute atomic E-state index is 14.2. The van der Waals surface area contributed by atoms with Crippen LogP contribution >= 0.6 is 0 Å². The van der Waals surface area contributed by atoms with Crippen molar-refractivity contribution in [3.05, 3.63) is 115 Å². The van der Waals surface area contributed by atoms with Gasteiger partial charge in [0, 0.05) is 26.2 Å². The third kappa shape index (κ3) is 10.5. The Morgan fingerprint density at radius 3 is 1.08 bits per heavy atom. The Labute approximate surface area is 313 Å². The highest BCUT2D eigenvalue weighted by molar-refractivity contribution is 7.89. The highest BCUT2D eigenvalue weighted by atomic mass is 32.2. The second kappa shape index (κ2) is 17.8. The zero-order chi connectivity index (χ0) is 39.0. The first kappa shape index (κ1) is 41.6. The van der Waals surface area contributed by atoms with E-state index in [-0.39, 0.29) is 27.5 Å². The van der Waals surface area contributed by atoms with Crippen molar-refractivity contribution < 1.29 is 34.8 Å². The SMILES string of the molecule is C=CCC1NC(=O)CN(S(=O)(=O)c2ccc(C)cc2)CCN(S(=O)(=O)c2ccc(C)cc2)CCN(S(=O)(=O)c2ccc(C)cc2)CC(=O)NC1CC=C. The quantitative estimate of drug-likeness (QED) is 0.296. The normalized spacial score (nSPS) is 19.7. The van der Waals surface area contributed by atoms with Gasteiger partial charge in [0.25, 0.3) is 0 Å². The van der Waals surface area contributed by atoms with Gasteiger partial charge in [-0.1, -0.05) is 65.2 Å². The van der Waals surface area contributed by atoms with Crippen molar-refractivity contribution in [1.29, 1.82) is 0 Å². The molecule has 2 N–H and O–H groups in total. The predicted molar refractivity (Wildman–Crippen MR) is 203 cm³/mol. The van der Waals surface area contributed by atoms with Crippen LogP contribution in [0.2, 0.25) is 0 Å². The molecule has 286 valence electrons. The van der Waals surface area contributed by atoms with Gasteiger partial charge in [-0.25, -0.2) is 25.3 Å². The molecule has 0 saturated carbocycles. The molecule has 2 amide bonds. The number of amides is 2. The van der Waals surface area contributed by atoms with Gasteiger partial charge in [0.1, 0.15) is 0 Å². The molecule has 1 fully saturated rings. The van der Waals surface area contributed by atoms with Gasteiger partial charge in [-0.2, -0.15) is 12.9 Å². The highest BCUT2D eigenvalue weighted by Crippen LogP contribution is 2.22. The molecule has 0 aliphatic carbocycles. The van der Waals surface area contributed by atoms with Crippen LogP contribution in [0.5, 0.6) is 0 Å². The Morgan fingerprint density at radius 1 is 0.528 bits per heavy atom. The van der Waals surface area contributed by atoms with Crippen molar-refractivity contribution in [3.63, 3.8) is 0 Å². The lowest BCUT2D eigenvalue weighted by Crippen LogP contribution is -2.55. The Kier molecular flexibility index (Phi) is 13.9. The Hall–Kier alpha value is -4.19. The number of benzene rings is 3. The summed E-state index contributed by atoms with van der Waals surface area (Å²) in [5.41, 5.74) is 2.41. The molecule has 16 heteroatoms. The minimum Gasteiger partial charge on any atom is -0.350 e. The lowest BCUT2D eigenvalue weighted by molar-refractivity contribution is -0.124. The lowest BCUT2D eigenvalue weighted by atomic mass is 10.0. The standard InChI is InChI=1S/C37H47N5O8S3/c1-6-8-34-35(9-7-2)39-37(44)27-42(53(49,50)33-20-14-30(5)15-21-33)25-23-40(51(45,46)31-16-10-28(3)11-17-31)22-24-41(26-36(43)38-34)52(47,48)32-18-12-29(4)13-19-32/h6-7,10-21,34-35H,1-2,8-9,22-27H2,3-5H3,(H,38,43)(H,39,44). The summed E-state index contributed by atoms with van der Waals surface area (Å²) in [6.45, 7) is 9.73. The second-order valence-corrected chi connectivity index (χ2v) is 18.7. The van der Waals surface area contributed by atoms with Crippen molar-refractivity contribution in [2.24, 2.45) is 0 Å². The number of nitrogens with zero attached hydrogens (tertiary/aromatic N) is 3. The number of carbonyl (C=O) groups excluding carboxylic acids is 2. The summed E-state index contributed by atoms with van der Waals surface area (Å²) in [6, 6.07) is 16.5. The number of aryl methyl sites for hydroxylation is 3. The average Bonchev–Trinajstić information content (AvgIpc) is 3.10. The largest absolute Gasteiger partial charge is 0.350 e. The lowest BCUT2D eigenvalue weighted by Gasteiger charge is -2.29. The molecule has 1 aliphatic rings. The third-order valence-corrected chi connectivity index (χ3v) is 14.5. The van der Waals surface area contributed by atoms with Crippen LogP contribution in [0.4, 0.5) is 0 Å². The van der Waals surface area contributed by atoms with Gasteiger partial charge in [-0.15, -0.1) is 13.2 Å².